The van der Waals surface area contributed by atoms with Gasteiger partial charge in [-0.25, -0.2) is 0 Å². The molecule has 0 spiro atoms. The van der Waals surface area contributed by atoms with Crippen molar-refractivity contribution in [1.29, 1.82) is 0 Å². The topological polar surface area (TPSA) is 38.0 Å². The van der Waals surface area contributed by atoms with Crippen LogP contribution in [0.5, 0.6) is 0 Å². The Balaban J connectivity index is 1.56. The zero-order valence-corrected chi connectivity index (χ0v) is 11.7. The molecule has 1 aromatic rings. The highest BCUT2D eigenvalue weighted by Gasteiger charge is 2.44. The Morgan fingerprint density at radius 2 is 2.00 bits per heavy atom. The maximum atomic E-state index is 6.16. The Kier molecular flexibility index (Phi) is 4.41. The van der Waals surface area contributed by atoms with Crippen molar-refractivity contribution in [1.82, 2.24) is 5.32 Å². The van der Waals surface area contributed by atoms with E-state index in [2.05, 4.69) is 43.4 Å². The molecule has 3 N–H and O–H groups in total. The van der Waals surface area contributed by atoms with E-state index in [9.17, 15) is 0 Å². The first kappa shape index (κ1) is 13.6. The van der Waals surface area contributed by atoms with Gasteiger partial charge in [-0.3, -0.25) is 0 Å². The number of hydrogen-bond donors (Lipinski definition) is 2. The number of benzene rings is 1. The van der Waals surface area contributed by atoms with Gasteiger partial charge in [-0.2, -0.15) is 0 Å². The van der Waals surface area contributed by atoms with Gasteiger partial charge in [0, 0.05) is 6.04 Å². The minimum Gasteiger partial charge on any atom is -0.324 e. The molecule has 2 rings (SSSR count). The molecule has 0 aliphatic heterocycles. The maximum absolute atomic E-state index is 6.16. The van der Waals surface area contributed by atoms with Gasteiger partial charge in [-0.05, 0) is 49.2 Å². The average molecular weight is 246 g/mol. The lowest BCUT2D eigenvalue weighted by Crippen LogP contribution is -2.21. The van der Waals surface area contributed by atoms with Crippen LogP contribution in [0.2, 0.25) is 0 Å². The van der Waals surface area contributed by atoms with Crippen LogP contribution in [0.3, 0.4) is 0 Å². The highest BCUT2D eigenvalue weighted by Crippen LogP contribution is 2.50. The molecule has 2 heteroatoms. The van der Waals surface area contributed by atoms with Gasteiger partial charge in [0.05, 0.1) is 0 Å². The van der Waals surface area contributed by atoms with Crippen LogP contribution >= 0.6 is 0 Å². The Morgan fingerprint density at radius 1 is 1.33 bits per heavy atom. The second-order valence-corrected chi connectivity index (χ2v) is 6.25. The van der Waals surface area contributed by atoms with Crippen molar-refractivity contribution in [2.45, 2.75) is 39.2 Å². The van der Waals surface area contributed by atoms with Crippen LogP contribution in [-0.4, -0.2) is 13.1 Å². The summed E-state index contributed by atoms with van der Waals surface area (Å²) in [4.78, 5) is 0. The van der Waals surface area contributed by atoms with Gasteiger partial charge < -0.3 is 11.1 Å². The van der Waals surface area contributed by atoms with E-state index >= 15 is 0 Å². The van der Waals surface area contributed by atoms with Crippen LogP contribution in [0.15, 0.2) is 30.3 Å². The summed E-state index contributed by atoms with van der Waals surface area (Å²) < 4.78 is 0. The fourth-order valence-corrected chi connectivity index (χ4v) is 2.51. The normalized spacial score (nSPS) is 22.7. The summed E-state index contributed by atoms with van der Waals surface area (Å²) >= 11 is 0. The Bertz CT molecular complexity index is 359. The maximum Gasteiger partial charge on any atom is 0.0295 e. The van der Waals surface area contributed by atoms with Crippen molar-refractivity contribution in [3.63, 3.8) is 0 Å². The molecule has 1 aliphatic rings. The zero-order chi connectivity index (χ0) is 13.0. The van der Waals surface area contributed by atoms with Gasteiger partial charge in [-0.1, -0.05) is 44.2 Å². The number of nitrogens with two attached hydrogens (primary N) is 1. The van der Waals surface area contributed by atoms with Crippen LogP contribution in [-0.2, 0) is 0 Å². The van der Waals surface area contributed by atoms with Crippen LogP contribution in [0.25, 0.3) is 0 Å². The molecule has 1 aliphatic carbocycles. The zero-order valence-electron chi connectivity index (χ0n) is 11.7. The van der Waals surface area contributed by atoms with Gasteiger partial charge in [0.1, 0.15) is 0 Å². The monoisotopic (exact) mass is 246 g/mol. The van der Waals surface area contributed by atoms with Gasteiger partial charge in [0.2, 0.25) is 0 Å². The van der Waals surface area contributed by atoms with Crippen molar-refractivity contribution < 1.29 is 0 Å². The highest BCUT2D eigenvalue weighted by molar-refractivity contribution is 5.18. The second kappa shape index (κ2) is 5.85. The van der Waals surface area contributed by atoms with Crippen LogP contribution < -0.4 is 11.1 Å². The third-order valence-corrected chi connectivity index (χ3v) is 4.20. The Labute approximate surface area is 111 Å². The van der Waals surface area contributed by atoms with Crippen LogP contribution in [0.1, 0.15) is 44.7 Å². The van der Waals surface area contributed by atoms with E-state index in [0.717, 1.165) is 25.3 Å². The third-order valence-electron chi connectivity index (χ3n) is 4.20. The molecule has 2 atom stereocenters. The van der Waals surface area contributed by atoms with Crippen LogP contribution in [0, 0.1) is 11.3 Å². The number of rotatable bonds is 7. The molecule has 100 valence electrons. The molecular weight excluding hydrogens is 220 g/mol. The lowest BCUT2D eigenvalue weighted by atomic mass is 10.0. The fourth-order valence-electron chi connectivity index (χ4n) is 2.51. The van der Waals surface area contributed by atoms with Crippen molar-refractivity contribution in [3.05, 3.63) is 35.9 Å². The summed E-state index contributed by atoms with van der Waals surface area (Å²) in [6.45, 7) is 6.97. The molecule has 2 nitrogen and oxygen atoms in total. The van der Waals surface area contributed by atoms with Crippen molar-refractivity contribution in [2.75, 3.05) is 13.1 Å². The van der Waals surface area contributed by atoms with E-state index in [1.165, 1.54) is 18.5 Å². The van der Waals surface area contributed by atoms with E-state index in [1.54, 1.807) is 0 Å². The van der Waals surface area contributed by atoms with Gasteiger partial charge >= 0.3 is 0 Å². The molecule has 1 aromatic carbocycles. The predicted molar refractivity (Wildman–Crippen MR) is 77.4 cm³/mol. The largest absolute Gasteiger partial charge is 0.324 e. The smallest absolute Gasteiger partial charge is 0.0295 e. The molecular formula is C16H26N2. The van der Waals surface area contributed by atoms with E-state index in [4.69, 9.17) is 5.73 Å². The second-order valence-electron chi connectivity index (χ2n) is 6.25. The summed E-state index contributed by atoms with van der Waals surface area (Å²) in [5.74, 6) is 0.889. The summed E-state index contributed by atoms with van der Waals surface area (Å²) in [5, 5.41) is 3.55. The third kappa shape index (κ3) is 3.82. The van der Waals surface area contributed by atoms with Crippen molar-refractivity contribution in [2.24, 2.45) is 17.1 Å². The highest BCUT2D eigenvalue weighted by atomic mass is 14.9. The van der Waals surface area contributed by atoms with Crippen molar-refractivity contribution >= 4 is 0 Å². The summed E-state index contributed by atoms with van der Waals surface area (Å²) in [7, 11) is 0. The summed E-state index contributed by atoms with van der Waals surface area (Å²) in [6, 6.07) is 10.6. The molecule has 0 radical (unpaired) electrons. The van der Waals surface area contributed by atoms with Crippen molar-refractivity contribution in [3.8, 4) is 0 Å². The lowest BCUT2D eigenvalue weighted by molar-refractivity contribution is 0.502. The molecule has 1 fully saturated rings. The molecule has 1 saturated carbocycles. The van der Waals surface area contributed by atoms with Gasteiger partial charge in [0.25, 0.3) is 0 Å². The SMILES string of the molecule is CC1(C)CC1CNCCCC(N)c1ccccc1. The minimum absolute atomic E-state index is 0.186. The van der Waals surface area contributed by atoms with E-state index < -0.39 is 0 Å². The quantitative estimate of drug-likeness (QED) is 0.726. The standard InChI is InChI=1S/C16H26N2/c1-16(2)11-14(16)12-18-10-6-9-15(17)13-7-4-3-5-8-13/h3-5,7-8,14-15,18H,6,9-12,17H2,1-2H3. The number of nitrogens with one attached hydrogen (secondary N) is 1. The molecule has 0 aromatic heterocycles. The average Bonchev–Trinajstić information content (AvgIpc) is 2.97. The van der Waals surface area contributed by atoms with E-state index in [-0.39, 0.29) is 6.04 Å². The molecule has 0 saturated heterocycles. The first-order valence-corrected chi connectivity index (χ1v) is 7.11. The number of hydrogen-bond acceptors (Lipinski definition) is 2. The minimum atomic E-state index is 0.186. The molecule has 0 heterocycles. The van der Waals surface area contributed by atoms with Gasteiger partial charge in [0.15, 0.2) is 0 Å². The van der Waals surface area contributed by atoms with E-state index in [1.807, 2.05) is 6.07 Å². The van der Waals surface area contributed by atoms with E-state index in [0.29, 0.717) is 5.41 Å². The lowest BCUT2D eigenvalue weighted by Gasteiger charge is -2.12. The molecule has 0 amide bonds. The first-order chi connectivity index (χ1) is 8.59. The van der Waals surface area contributed by atoms with Gasteiger partial charge in [-0.15, -0.1) is 0 Å². The summed E-state index contributed by atoms with van der Waals surface area (Å²) in [6.07, 6.45) is 3.60. The van der Waals surface area contributed by atoms with Crippen LogP contribution in [0.4, 0.5) is 0 Å². The first-order valence-electron chi connectivity index (χ1n) is 7.11. The summed E-state index contributed by atoms with van der Waals surface area (Å²) in [5.41, 5.74) is 8.01. The Hall–Kier alpha value is -0.860. The molecule has 2 unspecified atom stereocenters. The predicted octanol–water partition coefficient (Wildman–Crippen LogP) is 3.10. The molecule has 18 heavy (non-hydrogen) atoms. The Morgan fingerprint density at radius 3 is 2.61 bits per heavy atom. The fraction of sp³-hybridized carbons (Fsp3) is 0.625. The molecule has 0 bridgehead atoms.